The second-order valence-electron chi connectivity index (χ2n) is 13.0. The van der Waals surface area contributed by atoms with Crippen molar-refractivity contribution in [3.05, 3.63) is 188 Å². The second kappa shape index (κ2) is 11.9. The van der Waals surface area contributed by atoms with Crippen LogP contribution >= 0.6 is 0 Å². The van der Waals surface area contributed by atoms with E-state index in [2.05, 4.69) is 193 Å². The predicted octanol–water partition coefficient (Wildman–Crippen LogP) is 12.5. The highest BCUT2D eigenvalue weighted by molar-refractivity contribution is 6.09. The van der Waals surface area contributed by atoms with E-state index >= 15 is 0 Å². The lowest BCUT2D eigenvalue weighted by atomic mass is 9.98. The van der Waals surface area contributed by atoms with Crippen molar-refractivity contribution in [1.82, 2.24) is 14.5 Å². The van der Waals surface area contributed by atoms with Crippen LogP contribution in [0.3, 0.4) is 0 Å². The van der Waals surface area contributed by atoms with E-state index < -0.39 is 0 Å². The molecule has 0 atom stereocenters. The maximum absolute atomic E-state index is 5.26. The van der Waals surface area contributed by atoms with Crippen molar-refractivity contribution < 1.29 is 0 Å². The molecule has 2 aromatic heterocycles. The van der Waals surface area contributed by atoms with Gasteiger partial charge >= 0.3 is 0 Å². The Morgan fingerprint density at radius 3 is 1.39 bits per heavy atom. The number of benzene rings is 8. The maximum Gasteiger partial charge on any atom is 0.160 e. The molecule has 0 fully saturated rings. The zero-order valence-electron chi connectivity index (χ0n) is 27.7. The van der Waals surface area contributed by atoms with E-state index in [9.17, 15) is 0 Å². The van der Waals surface area contributed by atoms with Crippen LogP contribution in [0.4, 0.5) is 0 Å². The van der Waals surface area contributed by atoms with Crippen LogP contribution in [0.1, 0.15) is 0 Å². The van der Waals surface area contributed by atoms with Gasteiger partial charge in [0.15, 0.2) is 5.82 Å². The number of aromatic nitrogens is 3. The highest BCUT2D eigenvalue weighted by atomic mass is 15.0. The first-order valence-electron chi connectivity index (χ1n) is 17.3. The van der Waals surface area contributed by atoms with Crippen LogP contribution in [0.2, 0.25) is 0 Å². The van der Waals surface area contributed by atoms with E-state index in [0.29, 0.717) is 5.82 Å². The molecular formula is C48H31N3. The van der Waals surface area contributed by atoms with Crippen LogP contribution in [0.15, 0.2) is 188 Å². The van der Waals surface area contributed by atoms with Gasteiger partial charge in [0.2, 0.25) is 0 Å². The lowest BCUT2D eigenvalue weighted by molar-refractivity contribution is 1.18. The van der Waals surface area contributed by atoms with Gasteiger partial charge in [-0.1, -0.05) is 152 Å². The summed E-state index contributed by atoms with van der Waals surface area (Å²) in [6.45, 7) is 0. The predicted molar refractivity (Wildman–Crippen MR) is 213 cm³/mol. The Hall–Kier alpha value is -6.84. The third-order valence-corrected chi connectivity index (χ3v) is 10.0. The van der Waals surface area contributed by atoms with E-state index in [1.54, 1.807) is 0 Å². The lowest BCUT2D eigenvalue weighted by Crippen LogP contribution is -1.97. The fraction of sp³-hybridized carbons (Fsp3) is 0. The number of nitrogens with zero attached hydrogens (tertiary/aromatic N) is 3. The van der Waals surface area contributed by atoms with Gasteiger partial charge in [0.1, 0.15) is 0 Å². The van der Waals surface area contributed by atoms with Crippen molar-refractivity contribution in [3.8, 4) is 50.7 Å². The van der Waals surface area contributed by atoms with Crippen molar-refractivity contribution in [2.24, 2.45) is 0 Å². The quantitative estimate of drug-likeness (QED) is 0.186. The van der Waals surface area contributed by atoms with Gasteiger partial charge in [-0.2, -0.15) is 0 Å². The SMILES string of the molecule is c1cc(-c2ccc(-n3c4ccccc4c4ccccc43)cc2)cc(-c2nc(-c3cccc4ccccc34)cc(-c3cccc4ccccc34)n2)c1. The van der Waals surface area contributed by atoms with Crippen LogP contribution in [0.5, 0.6) is 0 Å². The Bertz CT molecular complexity index is 2760. The zero-order chi connectivity index (χ0) is 33.7. The summed E-state index contributed by atoms with van der Waals surface area (Å²) in [5, 5.41) is 7.25. The average Bonchev–Trinajstić information content (AvgIpc) is 3.55. The molecule has 2 heterocycles. The average molecular weight is 650 g/mol. The van der Waals surface area contributed by atoms with Gasteiger partial charge in [-0.25, -0.2) is 9.97 Å². The van der Waals surface area contributed by atoms with Crippen LogP contribution in [0.25, 0.3) is 94.1 Å². The molecule has 0 aliphatic carbocycles. The number of hydrogen-bond donors (Lipinski definition) is 0. The molecule has 10 aromatic rings. The summed E-state index contributed by atoms with van der Waals surface area (Å²) in [5.74, 6) is 0.701. The van der Waals surface area contributed by atoms with Crippen molar-refractivity contribution in [3.63, 3.8) is 0 Å². The molecule has 8 aromatic carbocycles. The van der Waals surface area contributed by atoms with Crippen molar-refractivity contribution in [2.45, 2.75) is 0 Å². The Labute approximate surface area is 295 Å². The largest absolute Gasteiger partial charge is 0.309 e. The normalized spacial score (nSPS) is 11.5. The number of rotatable bonds is 5. The van der Waals surface area contributed by atoms with Crippen LogP contribution in [-0.4, -0.2) is 14.5 Å². The fourth-order valence-electron chi connectivity index (χ4n) is 7.59. The number of hydrogen-bond acceptors (Lipinski definition) is 2. The summed E-state index contributed by atoms with van der Waals surface area (Å²) in [7, 11) is 0. The molecule has 0 spiro atoms. The van der Waals surface area contributed by atoms with Crippen molar-refractivity contribution in [1.29, 1.82) is 0 Å². The van der Waals surface area contributed by atoms with E-state index in [0.717, 1.165) is 44.9 Å². The first kappa shape index (κ1) is 29.1. The Balaban J connectivity index is 1.10. The Morgan fingerprint density at radius 1 is 0.333 bits per heavy atom. The summed E-state index contributed by atoms with van der Waals surface area (Å²) in [5.41, 5.74) is 10.8. The Kier molecular flexibility index (Phi) is 6.81. The van der Waals surface area contributed by atoms with E-state index in [1.807, 2.05) is 0 Å². The van der Waals surface area contributed by atoms with E-state index in [1.165, 1.54) is 43.4 Å². The summed E-state index contributed by atoms with van der Waals surface area (Å²) in [6.07, 6.45) is 0. The third-order valence-electron chi connectivity index (χ3n) is 10.0. The minimum absolute atomic E-state index is 0.701. The molecule has 3 heteroatoms. The van der Waals surface area contributed by atoms with Crippen LogP contribution in [-0.2, 0) is 0 Å². The van der Waals surface area contributed by atoms with Gasteiger partial charge in [0, 0.05) is 33.2 Å². The number of para-hydroxylation sites is 2. The Morgan fingerprint density at radius 2 is 0.804 bits per heavy atom. The van der Waals surface area contributed by atoms with Crippen LogP contribution < -0.4 is 0 Å². The molecule has 0 aliphatic rings. The monoisotopic (exact) mass is 649 g/mol. The summed E-state index contributed by atoms with van der Waals surface area (Å²) < 4.78 is 2.35. The molecule has 238 valence electrons. The van der Waals surface area contributed by atoms with Gasteiger partial charge in [0.05, 0.1) is 22.4 Å². The second-order valence-corrected chi connectivity index (χ2v) is 13.0. The van der Waals surface area contributed by atoms with E-state index in [-0.39, 0.29) is 0 Å². The summed E-state index contributed by atoms with van der Waals surface area (Å²) >= 11 is 0. The molecule has 0 saturated heterocycles. The minimum atomic E-state index is 0.701. The highest BCUT2D eigenvalue weighted by Gasteiger charge is 2.16. The molecule has 0 radical (unpaired) electrons. The molecule has 0 unspecified atom stereocenters. The third kappa shape index (κ3) is 4.98. The summed E-state index contributed by atoms with van der Waals surface area (Å²) in [6, 6.07) is 66.7. The molecule has 0 N–H and O–H groups in total. The molecular weight excluding hydrogens is 619 g/mol. The molecule has 0 amide bonds. The fourth-order valence-corrected chi connectivity index (χ4v) is 7.59. The maximum atomic E-state index is 5.26. The molecule has 3 nitrogen and oxygen atoms in total. The molecule has 51 heavy (non-hydrogen) atoms. The van der Waals surface area contributed by atoms with Crippen molar-refractivity contribution >= 4 is 43.4 Å². The zero-order valence-corrected chi connectivity index (χ0v) is 27.7. The topological polar surface area (TPSA) is 30.7 Å². The van der Waals surface area contributed by atoms with Gasteiger partial charge in [0.25, 0.3) is 0 Å². The molecule has 0 bridgehead atoms. The van der Waals surface area contributed by atoms with E-state index in [4.69, 9.17) is 9.97 Å². The molecule has 0 saturated carbocycles. The molecule has 10 rings (SSSR count). The summed E-state index contributed by atoms with van der Waals surface area (Å²) in [4.78, 5) is 10.5. The van der Waals surface area contributed by atoms with Gasteiger partial charge < -0.3 is 4.57 Å². The highest BCUT2D eigenvalue weighted by Crippen LogP contribution is 2.36. The first-order valence-corrected chi connectivity index (χ1v) is 17.3. The standard InChI is InChI=1S/C48H31N3/c1-3-18-38-33(12-1)14-10-22-40(38)44-31-45(41-23-11-15-34-13-2-4-19-39(34)41)50-48(49-44)36-17-9-16-35(30-36)32-26-28-37(29-27-32)51-46-24-7-5-20-42(46)43-21-6-8-25-47(43)51/h1-31H. The smallest absolute Gasteiger partial charge is 0.160 e. The minimum Gasteiger partial charge on any atom is -0.309 e. The van der Waals surface area contributed by atoms with Crippen LogP contribution in [0, 0.1) is 0 Å². The molecule has 0 aliphatic heterocycles. The van der Waals surface area contributed by atoms with Gasteiger partial charge in [-0.15, -0.1) is 0 Å². The lowest BCUT2D eigenvalue weighted by Gasteiger charge is -2.13. The van der Waals surface area contributed by atoms with Crippen molar-refractivity contribution in [2.75, 3.05) is 0 Å². The van der Waals surface area contributed by atoms with Gasteiger partial charge in [-0.3, -0.25) is 0 Å². The number of fused-ring (bicyclic) bond motifs is 5. The first-order chi connectivity index (χ1) is 25.3. The van der Waals surface area contributed by atoms with Gasteiger partial charge in [-0.05, 0) is 69.1 Å².